The summed E-state index contributed by atoms with van der Waals surface area (Å²) in [6, 6.07) is 36.1. The van der Waals surface area contributed by atoms with Crippen molar-refractivity contribution in [2.24, 2.45) is 0 Å². The first kappa shape index (κ1) is 22.8. The first-order valence-electron chi connectivity index (χ1n) is 11.2. The summed E-state index contributed by atoms with van der Waals surface area (Å²) >= 11 is 7.68. The molecule has 0 spiro atoms. The van der Waals surface area contributed by atoms with Crippen molar-refractivity contribution >= 4 is 31.9 Å². The Hall–Kier alpha value is -3.01. The molecule has 0 N–H and O–H groups in total. The van der Waals surface area contributed by atoms with E-state index < -0.39 is 0 Å². The Balaban J connectivity index is 1.73. The fraction of sp³-hybridized carbons (Fsp3) is 0.0645. The quantitative estimate of drug-likeness (QED) is 0.210. The van der Waals surface area contributed by atoms with Crippen molar-refractivity contribution < 1.29 is 0 Å². The second-order valence-electron chi connectivity index (χ2n) is 8.48. The van der Waals surface area contributed by atoms with Gasteiger partial charge in [-0.1, -0.05) is 111 Å². The van der Waals surface area contributed by atoms with Gasteiger partial charge < -0.3 is 0 Å². The number of nitrogens with zero attached hydrogens (tertiary/aromatic N) is 1. The molecular weight excluding hydrogens is 546 g/mol. The van der Waals surface area contributed by atoms with Gasteiger partial charge in [-0.2, -0.15) is 0 Å². The van der Waals surface area contributed by atoms with Gasteiger partial charge in [0, 0.05) is 20.1 Å². The standard InChI is InChI=1S/C31H23Br2N/c1-20-16-24(22-10-5-3-6-11-22)30(26(32)18-20)28-14-9-15-29(34-28)31-25(17-21(2)19-27(31)33)23-12-7-4-8-13-23/h3-19H,1-2H3. The Kier molecular flexibility index (Phi) is 6.49. The third-order valence-corrected chi connectivity index (χ3v) is 7.15. The third kappa shape index (κ3) is 4.51. The molecule has 0 aliphatic rings. The molecule has 4 aromatic carbocycles. The number of pyridine rings is 1. The van der Waals surface area contributed by atoms with Crippen LogP contribution < -0.4 is 0 Å². The van der Waals surface area contributed by atoms with Crippen LogP contribution in [0.5, 0.6) is 0 Å². The first-order valence-corrected chi connectivity index (χ1v) is 12.8. The maximum Gasteiger partial charge on any atom is 0.0727 e. The van der Waals surface area contributed by atoms with E-state index in [-0.39, 0.29) is 0 Å². The SMILES string of the molecule is Cc1cc(Br)c(-c2cccc(-c3c(Br)cc(C)cc3-c3ccccc3)n2)c(-c2ccccc2)c1. The Morgan fingerprint density at radius 3 is 1.32 bits per heavy atom. The molecule has 1 nitrogen and oxygen atoms in total. The van der Waals surface area contributed by atoms with Gasteiger partial charge in [-0.25, -0.2) is 4.98 Å². The van der Waals surface area contributed by atoms with Gasteiger partial charge in [0.15, 0.2) is 0 Å². The lowest BCUT2D eigenvalue weighted by molar-refractivity contribution is 1.30. The molecule has 3 heteroatoms. The van der Waals surface area contributed by atoms with Crippen molar-refractivity contribution in [3.8, 4) is 44.8 Å². The first-order chi connectivity index (χ1) is 16.5. The van der Waals surface area contributed by atoms with Crippen LogP contribution >= 0.6 is 31.9 Å². The lowest BCUT2D eigenvalue weighted by Gasteiger charge is -2.17. The van der Waals surface area contributed by atoms with Gasteiger partial charge in [-0.15, -0.1) is 0 Å². The second kappa shape index (κ2) is 9.69. The molecule has 0 saturated heterocycles. The van der Waals surface area contributed by atoms with E-state index in [1.807, 2.05) is 12.1 Å². The van der Waals surface area contributed by atoms with Gasteiger partial charge in [0.2, 0.25) is 0 Å². The molecule has 1 heterocycles. The van der Waals surface area contributed by atoms with E-state index in [0.29, 0.717) is 0 Å². The Bertz CT molecular complexity index is 1360. The zero-order valence-electron chi connectivity index (χ0n) is 19.0. The predicted octanol–water partition coefficient (Wildman–Crippen LogP) is 9.89. The molecule has 5 aromatic rings. The Labute approximate surface area is 217 Å². The topological polar surface area (TPSA) is 12.9 Å². The van der Waals surface area contributed by atoms with Crippen LogP contribution in [0.1, 0.15) is 11.1 Å². The monoisotopic (exact) mass is 567 g/mol. The van der Waals surface area contributed by atoms with Crippen LogP contribution in [0.4, 0.5) is 0 Å². The summed E-state index contributed by atoms with van der Waals surface area (Å²) in [5, 5.41) is 0. The van der Waals surface area contributed by atoms with Gasteiger partial charge in [0.25, 0.3) is 0 Å². The molecule has 34 heavy (non-hydrogen) atoms. The minimum absolute atomic E-state index is 0.940. The van der Waals surface area contributed by atoms with Crippen LogP contribution in [-0.2, 0) is 0 Å². The van der Waals surface area contributed by atoms with Crippen molar-refractivity contribution in [2.45, 2.75) is 13.8 Å². The van der Waals surface area contributed by atoms with Crippen LogP contribution in [0.2, 0.25) is 0 Å². The Morgan fingerprint density at radius 1 is 0.500 bits per heavy atom. The highest BCUT2D eigenvalue weighted by atomic mass is 79.9. The summed E-state index contributed by atoms with van der Waals surface area (Å²) in [6.07, 6.45) is 0. The summed E-state index contributed by atoms with van der Waals surface area (Å²) in [5.41, 5.74) is 11.2. The molecule has 0 aliphatic heterocycles. The van der Waals surface area contributed by atoms with E-state index >= 15 is 0 Å². The van der Waals surface area contributed by atoms with E-state index in [0.717, 1.165) is 31.5 Å². The summed E-state index contributed by atoms with van der Waals surface area (Å²) in [5.74, 6) is 0. The van der Waals surface area contributed by atoms with Gasteiger partial charge in [-0.05, 0) is 71.5 Å². The maximum absolute atomic E-state index is 5.21. The minimum atomic E-state index is 0.940. The van der Waals surface area contributed by atoms with E-state index in [1.54, 1.807) is 0 Å². The lowest BCUT2D eigenvalue weighted by Crippen LogP contribution is -1.95. The van der Waals surface area contributed by atoms with Gasteiger partial charge in [0.05, 0.1) is 11.4 Å². The molecule has 0 aliphatic carbocycles. The van der Waals surface area contributed by atoms with E-state index in [1.165, 1.54) is 33.4 Å². The van der Waals surface area contributed by atoms with Crippen LogP contribution in [0.25, 0.3) is 44.8 Å². The summed E-state index contributed by atoms with van der Waals surface area (Å²) < 4.78 is 2.09. The fourth-order valence-electron chi connectivity index (χ4n) is 4.41. The molecule has 166 valence electrons. The summed E-state index contributed by atoms with van der Waals surface area (Å²) in [7, 11) is 0. The molecule has 0 radical (unpaired) electrons. The molecular formula is C31H23Br2N. The van der Waals surface area contributed by atoms with Crippen LogP contribution in [0.15, 0.2) is 112 Å². The maximum atomic E-state index is 5.21. The lowest BCUT2D eigenvalue weighted by atomic mass is 9.93. The number of hydrogen-bond donors (Lipinski definition) is 0. The zero-order chi connectivity index (χ0) is 23.7. The van der Waals surface area contributed by atoms with E-state index in [4.69, 9.17) is 4.98 Å². The van der Waals surface area contributed by atoms with Crippen molar-refractivity contribution in [1.82, 2.24) is 4.98 Å². The molecule has 0 unspecified atom stereocenters. The molecule has 5 rings (SSSR count). The highest BCUT2D eigenvalue weighted by molar-refractivity contribution is 9.11. The number of rotatable bonds is 4. The number of benzene rings is 4. The number of aromatic nitrogens is 1. The smallest absolute Gasteiger partial charge is 0.0727 e. The molecule has 0 atom stereocenters. The molecule has 0 bridgehead atoms. The molecule has 0 amide bonds. The average molecular weight is 569 g/mol. The van der Waals surface area contributed by atoms with Crippen molar-refractivity contribution in [1.29, 1.82) is 0 Å². The van der Waals surface area contributed by atoms with Crippen molar-refractivity contribution in [2.75, 3.05) is 0 Å². The average Bonchev–Trinajstić information content (AvgIpc) is 2.84. The van der Waals surface area contributed by atoms with Gasteiger partial charge in [-0.3, -0.25) is 0 Å². The van der Waals surface area contributed by atoms with E-state index in [2.05, 4.69) is 137 Å². The Morgan fingerprint density at radius 2 is 0.912 bits per heavy atom. The number of hydrogen-bond acceptors (Lipinski definition) is 1. The van der Waals surface area contributed by atoms with Crippen molar-refractivity contribution in [3.63, 3.8) is 0 Å². The fourth-order valence-corrected chi connectivity index (χ4v) is 5.96. The minimum Gasteiger partial charge on any atom is -0.248 e. The second-order valence-corrected chi connectivity index (χ2v) is 10.2. The zero-order valence-corrected chi connectivity index (χ0v) is 22.2. The number of halogens is 2. The summed E-state index contributed by atoms with van der Waals surface area (Å²) in [4.78, 5) is 5.21. The molecule has 0 fully saturated rings. The van der Waals surface area contributed by atoms with Crippen molar-refractivity contribution in [3.05, 3.63) is 123 Å². The van der Waals surface area contributed by atoms with Crippen LogP contribution in [0.3, 0.4) is 0 Å². The third-order valence-electron chi connectivity index (χ3n) is 5.90. The van der Waals surface area contributed by atoms with Gasteiger partial charge >= 0.3 is 0 Å². The molecule has 0 saturated carbocycles. The number of aryl methyl sites for hydroxylation is 2. The summed E-state index contributed by atoms with van der Waals surface area (Å²) in [6.45, 7) is 4.25. The largest absolute Gasteiger partial charge is 0.248 e. The normalized spacial score (nSPS) is 10.9. The van der Waals surface area contributed by atoms with E-state index in [9.17, 15) is 0 Å². The van der Waals surface area contributed by atoms with Gasteiger partial charge in [0.1, 0.15) is 0 Å². The molecule has 1 aromatic heterocycles. The predicted molar refractivity (Wildman–Crippen MR) is 151 cm³/mol. The van der Waals surface area contributed by atoms with Crippen LogP contribution in [0, 0.1) is 13.8 Å². The highest BCUT2D eigenvalue weighted by Gasteiger charge is 2.17. The van der Waals surface area contributed by atoms with Crippen LogP contribution in [-0.4, -0.2) is 4.98 Å². The highest BCUT2D eigenvalue weighted by Crippen LogP contribution is 2.41.